The average molecular weight is 281 g/mol. The van der Waals surface area contributed by atoms with E-state index in [1.165, 1.54) is 7.11 Å². The Balaban J connectivity index is 3.12. The Morgan fingerprint density at radius 3 is 2.50 bits per heavy atom. The maximum Gasteiger partial charge on any atom is 0.258 e. The van der Waals surface area contributed by atoms with Crippen molar-refractivity contribution in [2.45, 2.75) is 32.7 Å². The number of para-hydroxylation sites is 1. The van der Waals surface area contributed by atoms with Crippen LogP contribution in [0.25, 0.3) is 0 Å². The fourth-order valence-electron chi connectivity index (χ4n) is 2.30. The minimum absolute atomic E-state index is 0.0419. The van der Waals surface area contributed by atoms with Crippen molar-refractivity contribution in [3.63, 3.8) is 0 Å². The van der Waals surface area contributed by atoms with Crippen LogP contribution >= 0.6 is 0 Å². The van der Waals surface area contributed by atoms with Gasteiger partial charge in [-0.05, 0) is 25.0 Å². The number of phenols is 1. The molecule has 20 heavy (non-hydrogen) atoms. The van der Waals surface area contributed by atoms with E-state index in [9.17, 15) is 9.90 Å². The number of methoxy groups -OCH3 is 1. The molecule has 0 saturated carbocycles. The standard InChI is InChI=1S/C15H23NO4/c1-4-11(5-2)16(9-10-17)15(19)12-7-6-8-13(20-3)14(12)18/h6-8,11,17-18H,4-5,9-10H2,1-3H3. The molecule has 5 heteroatoms. The van der Waals surface area contributed by atoms with Crippen molar-refractivity contribution in [1.29, 1.82) is 0 Å². The molecule has 0 saturated heterocycles. The highest BCUT2D eigenvalue weighted by Gasteiger charge is 2.25. The number of hydrogen-bond donors (Lipinski definition) is 2. The SMILES string of the molecule is CCC(CC)N(CCO)C(=O)c1cccc(OC)c1O. The molecule has 0 fully saturated rings. The molecule has 0 bridgehead atoms. The molecule has 0 aliphatic heterocycles. The molecule has 0 atom stereocenters. The van der Waals surface area contributed by atoms with Crippen molar-refractivity contribution >= 4 is 5.91 Å². The first-order chi connectivity index (χ1) is 9.60. The Kier molecular flexibility index (Phi) is 6.31. The van der Waals surface area contributed by atoms with Gasteiger partial charge in [-0.1, -0.05) is 19.9 Å². The van der Waals surface area contributed by atoms with E-state index < -0.39 is 0 Å². The van der Waals surface area contributed by atoms with Gasteiger partial charge in [-0.25, -0.2) is 0 Å². The molecular weight excluding hydrogens is 258 g/mol. The molecule has 5 nitrogen and oxygen atoms in total. The van der Waals surface area contributed by atoms with E-state index in [0.717, 1.165) is 12.8 Å². The Labute approximate surface area is 119 Å². The second kappa shape index (κ2) is 7.75. The Morgan fingerprint density at radius 1 is 1.35 bits per heavy atom. The lowest BCUT2D eigenvalue weighted by molar-refractivity contribution is 0.0618. The molecule has 0 unspecified atom stereocenters. The molecule has 1 aromatic rings. The predicted octanol–water partition coefficient (Wildman–Crippen LogP) is 2.02. The zero-order valence-corrected chi connectivity index (χ0v) is 12.3. The summed E-state index contributed by atoms with van der Waals surface area (Å²) in [7, 11) is 1.44. The van der Waals surface area contributed by atoms with Crippen molar-refractivity contribution in [3.05, 3.63) is 23.8 Å². The lowest BCUT2D eigenvalue weighted by Gasteiger charge is -2.30. The summed E-state index contributed by atoms with van der Waals surface area (Å²) in [5.41, 5.74) is 0.199. The van der Waals surface area contributed by atoms with E-state index >= 15 is 0 Å². The lowest BCUT2D eigenvalue weighted by atomic mass is 10.1. The highest BCUT2D eigenvalue weighted by atomic mass is 16.5. The molecule has 1 aromatic carbocycles. The number of hydrogen-bond acceptors (Lipinski definition) is 4. The summed E-state index contributed by atoms with van der Waals surface area (Å²) in [6, 6.07) is 4.86. The number of aliphatic hydroxyl groups is 1. The highest BCUT2D eigenvalue weighted by molar-refractivity contribution is 5.97. The summed E-state index contributed by atoms with van der Waals surface area (Å²) in [4.78, 5) is 14.2. The molecule has 2 N–H and O–H groups in total. The van der Waals surface area contributed by atoms with Crippen molar-refractivity contribution in [3.8, 4) is 11.5 Å². The highest BCUT2D eigenvalue weighted by Crippen LogP contribution is 2.30. The molecule has 0 heterocycles. The van der Waals surface area contributed by atoms with Crippen LogP contribution in [0.2, 0.25) is 0 Å². The summed E-state index contributed by atoms with van der Waals surface area (Å²) in [5.74, 6) is -0.178. The van der Waals surface area contributed by atoms with Crippen LogP contribution < -0.4 is 4.74 Å². The molecule has 0 aliphatic carbocycles. The zero-order valence-electron chi connectivity index (χ0n) is 12.3. The van der Waals surface area contributed by atoms with Gasteiger partial charge in [0.2, 0.25) is 0 Å². The Hall–Kier alpha value is -1.75. The number of benzene rings is 1. The maximum atomic E-state index is 12.6. The summed E-state index contributed by atoms with van der Waals surface area (Å²) in [6.45, 7) is 4.14. The van der Waals surface area contributed by atoms with Crippen LogP contribution in [0.15, 0.2) is 18.2 Å². The van der Waals surface area contributed by atoms with Crippen molar-refractivity contribution in [1.82, 2.24) is 4.90 Å². The number of aromatic hydroxyl groups is 1. The molecular formula is C15H23NO4. The number of ether oxygens (including phenoxy) is 1. The molecule has 112 valence electrons. The third-order valence-electron chi connectivity index (χ3n) is 3.43. The second-order valence-electron chi connectivity index (χ2n) is 4.55. The van der Waals surface area contributed by atoms with Gasteiger partial charge < -0.3 is 19.8 Å². The number of phenolic OH excluding ortho intramolecular Hbond substituents is 1. The molecule has 1 amide bonds. The summed E-state index contributed by atoms with van der Waals surface area (Å²) >= 11 is 0. The maximum absolute atomic E-state index is 12.6. The molecule has 0 radical (unpaired) electrons. The fraction of sp³-hybridized carbons (Fsp3) is 0.533. The quantitative estimate of drug-likeness (QED) is 0.802. The average Bonchev–Trinajstić information content (AvgIpc) is 2.47. The van der Waals surface area contributed by atoms with E-state index in [2.05, 4.69) is 0 Å². The molecule has 0 spiro atoms. The van der Waals surface area contributed by atoms with Crippen LogP contribution in [0.1, 0.15) is 37.0 Å². The van der Waals surface area contributed by atoms with Gasteiger partial charge in [0.05, 0.1) is 19.3 Å². The topological polar surface area (TPSA) is 70.0 Å². The van der Waals surface area contributed by atoms with Crippen LogP contribution in [0.4, 0.5) is 0 Å². The van der Waals surface area contributed by atoms with Gasteiger partial charge >= 0.3 is 0 Å². The minimum Gasteiger partial charge on any atom is -0.504 e. The first kappa shape index (κ1) is 16.3. The second-order valence-corrected chi connectivity index (χ2v) is 4.55. The normalized spacial score (nSPS) is 10.7. The van der Waals surface area contributed by atoms with Gasteiger partial charge in [-0.3, -0.25) is 4.79 Å². The minimum atomic E-state index is -0.288. The summed E-state index contributed by atoms with van der Waals surface area (Å²) < 4.78 is 5.02. The first-order valence-corrected chi connectivity index (χ1v) is 6.88. The number of nitrogens with zero attached hydrogens (tertiary/aromatic N) is 1. The number of carbonyl (C=O) groups excluding carboxylic acids is 1. The smallest absolute Gasteiger partial charge is 0.258 e. The monoisotopic (exact) mass is 281 g/mol. The van der Waals surface area contributed by atoms with Crippen LogP contribution in [0.3, 0.4) is 0 Å². The van der Waals surface area contributed by atoms with E-state index in [0.29, 0.717) is 0 Å². The van der Waals surface area contributed by atoms with Crippen molar-refractivity contribution in [2.75, 3.05) is 20.3 Å². The molecule has 1 rings (SSSR count). The van der Waals surface area contributed by atoms with Gasteiger partial charge in [-0.2, -0.15) is 0 Å². The molecule has 0 aliphatic rings. The number of aliphatic hydroxyl groups excluding tert-OH is 1. The van der Waals surface area contributed by atoms with E-state index in [1.54, 1.807) is 23.1 Å². The number of rotatable bonds is 7. The Morgan fingerprint density at radius 2 is 2.00 bits per heavy atom. The van der Waals surface area contributed by atoms with Gasteiger partial charge in [0.15, 0.2) is 11.5 Å². The Bertz CT molecular complexity index is 443. The predicted molar refractivity (Wildman–Crippen MR) is 77.2 cm³/mol. The van der Waals surface area contributed by atoms with Crippen LogP contribution in [-0.2, 0) is 0 Å². The van der Waals surface area contributed by atoms with Gasteiger partial charge in [0, 0.05) is 12.6 Å². The molecule has 0 aromatic heterocycles. The summed E-state index contributed by atoms with van der Waals surface area (Å²) in [6.07, 6.45) is 1.60. The lowest BCUT2D eigenvalue weighted by Crippen LogP contribution is -2.41. The van der Waals surface area contributed by atoms with E-state index in [-0.39, 0.29) is 42.2 Å². The third-order valence-corrected chi connectivity index (χ3v) is 3.43. The van der Waals surface area contributed by atoms with E-state index in [4.69, 9.17) is 9.84 Å². The van der Waals surface area contributed by atoms with E-state index in [1.807, 2.05) is 13.8 Å². The largest absolute Gasteiger partial charge is 0.504 e. The van der Waals surface area contributed by atoms with Gasteiger partial charge in [0.25, 0.3) is 5.91 Å². The van der Waals surface area contributed by atoms with Crippen molar-refractivity contribution < 1.29 is 19.7 Å². The van der Waals surface area contributed by atoms with Gasteiger partial charge in [0.1, 0.15) is 0 Å². The van der Waals surface area contributed by atoms with Crippen LogP contribution in [0.5, 0.6) is 11.5 Å². The van der Waals surface area contributed by atoms with Gasteiger partial charge in [-0.15, -0.1) is 0 Å². The third kappa shape index (κ3) is 3.42. The fourth-order valence-corrected chi connectivity index (χ4v) is 2.30. The number of amides is 1. The van der Waals surface area contributed by atoms with Crippen molar-refractivity contribution in [2.24, 2.45) is 0 Å². The zero-order chi connectivity index (χ0) is 15.1. The summed E-state index contributed by atoms with van der Waals surface area (Å²) in [5, 5.41) is 19.2. The van der Waals surface area contributed by atoms with Crippen LogP contribution in [0, 0.1) is 0 Å². The first-order valence-electron chi connectivity index (χ1n) is 6.88. The number of carbonyl (C=O) groups is 1. The van der Waals surface area contributed by atoms with Crippen LogP contribution in [-0.4, -0.2) is 47.3 Å².